The lowest BCUT2D eigenvalue weighted by Crippen LogP contribution is -2.35. The Morgan fingerprint density at radius 2 is 1.80 bits per heavy atom. The highest BCUT2D eigenvalue weighted by Crippen LogP contribution is 2.16. The number of aliphatic hydroxyl groups excluding tert-OH is 2. The molecule has 0 radical (unpaired) electrons. The molecule has 0 unspecified atom stereocenters. The molecule has 0 aliphatic rings. The fourth-order valence-corrected chi connectivity index (χ4v) is 0.954. The summed E-state index contributed by atoms with van der Waals surface area (Å²) in [6, 6.07) is 6.14. The normalized spacial score (nSPS) is 9.80. The van der Waals surface area contributed by atoms with Crippen LogP contribution in [0.15, 0.2) is 24.3 Å². The lowest BCUT2D eigenvalue weighted by molar-refractivity contribution is 0.0378. The van der Waals surface area contributed by atoms with E-state index in [1.807, 2.05) is 0 Å². The summed E-state index contributed by atoms with van der Waals surface area (Å²) < 4.78 is 4.82. The van der Waals surface area contributed by atoms with Crippen LogP contribution in [0.4, 0.5) is 4.79 Å². The second-order valence-corrected chi connectivity index (χ2v) is 3.08. The Labute approximate surface area is 91.5 Å². The van der Waals surface area contributed by atoms with Crippen LogP contribution >= 0.6 is 11.6 Å². The fraction of sp³-hybridized carbons (Fsp3) is 0.222. The summed E-state index contributed by atoms with van der Waals surface area (Å²) in [6.45, 7) is -1.22. The third kappa shape index (κ3) is 3.39. The van der Waals surface area contributed by atoms with Crippen LogP contribution in [0.2, 0.25) is 5.02 Å². The van der Waals surface area contributed by atoms with Crippen LogP contribution in [-0.4, -0.2) is 34.7 Å². The molecule has 0 fully saturated rings. The van der Waals surface area contributed by atoms with Gasteiger partial charge in [0.05, 0.1) is 0 Å². The number of carbonyl (C=O) groups excluding carboxylic acids is 1. The van der Waals surface area contributed by atoms with Gasteiger partial charge in [0, 0.05) is 5.02 Å². The lowest BCUT2D eigenvalue weighted by Gasteiger charge is -2.15. The van der Waals surface area contributed by atoms with Crippen molar-refractivity contribution in [1.29, 1.82) is 0 Å². The number of benzene rings is 1. The molecule has 0 aliphatic carbocycles. The van der Waals surface area contributed by atoms with Crippen molar-refractivity contribution in [3.05, 3.63) is 29.3 Å². The van der Waals surface area contributed by atoms with E-state index >= 15 is 0 Å². The monoisotopic (exact) mass is 231 g/mol. The summed E-state index contributed by atoms with van der Waals surface area (Å²) >= 11 is 5.63. The second kappa shape index (κ2) is 5.55. The minimum Gasteiger partial charge on any atom is -0.410 e. The molecule has 0 aromatic heterocycles. The van der Waals surface area contributed by atoms with Gasteiger partial charge in [-0.25, -0.2) is 4.79 Å². The highest BCUT2D eigenvalue weighted by Gasteiger charge is 2.13. The van der Waals surface area contributed by atoms with E-state index in [4.69, 9.17) is 26.6 Å². The average Bonchev–Trinajstić information content (AvgIpc) is 2.23. The first-order valence-electron chi connectivity index (χ1n) is 4.11. The highest BCUT2D eigenvalue weighted by atomic mass is 35.5. The van der Waals surface area contributed by atoms with Gasteiger partial charge in [-0.1, -0.05) is 11.6 Å². The number of carbonyl (C=O) groups is 1. The van der Waals surface area contributed by atoms with E-state index in [9.17, 15) is 4.79 Å². The Kier molecular flexibility index (Phi) is 4.36. The van der Waals surface area contributed by atoms with Crippen LogP contribution in [0, 0.1) is 0 Å². The Balaban J connectivity index is 2.61. The zero-order chi connectivity index (χ0) is 11.3. The maximum atomic E-state index is 11.2. The first kappa shape index (κ1) is 11.8. The van der Waals surface area contributed by atoms with Crippen molar-refractivity contribution in [2.45, 2.75) is 0 Å². The summed E-state index contributed by atoms with van der Waals surface area (Å²) in [5.74, 6) is 0.288. The van der Waals surface area contributed by atoms with E-state index in [1.165, 1.54) is 12.1 Å². The molecule has 1 amide bonds. The van der Waals surface area contributed by atoms with Gasteiger partial charge in [-0.2, -0.15) is 0 Å². The smallest absolute Gasteiger partial charge is 0.410 e. The largest absolute Gasteiger partial charge is 0.418 e. The zero-order valence-electron chi connectivity index (χ0n) is 7.76. The molecule has 0 spiro atoms. The molecule has 0 saturated carbocycles. The summed E-state index contributed by atoms with van der Waals surface area (Å²) in [7, 11) is 0. The Morgan fingerprint density at radius 1 is 1.27 bits per heavy atom. The van der Waals surface area contributed by atoms with E-state index < -0.39 is 19.6 Å². The number of hydrogen-bond acceptors (Lipinski definition) is 4. The van der Waals surface area contributed by atoms with E-state index in [0.29, 0.717) is 9.92 Å². The van der Waals surface area contributed by atoms with Crippen LogP contribution in [0.25, 0.3) is 0 Å². The molecule has 5 nitrogen and oxygen atoms in total. The summed E-state index contributed by atoms with van der Waals surface area (Å²) in [5, 5.41) is 17.8. The lowest BCUT2D eigenvalue weighted by atomic mass is 10.3. The van der Waals surface area contributed by atoms with Crippen LogP contribution in [-0.2, 0) is 0 Å². The second-order valence-electron chi connectivity index (χ2n) is 2.64. The number of hydrogen-bond donors (Lipinski definition) is 2. The highest BCUT2D eigenvalue weighted by molar-refractivity contribution is 6.30. The van der Waals surface area contributed by atoms with E-state index in [1.54, 1.807) is 12.1 Å². The van der Waals surface area contributed by atoms with E-state index in [0.717, 1.165) is 0 Å². The molecule has 0 heterocycles. The van der Waals surface area contributed by atoms with Crippen molar-refractivity contribution < 1.29 is 19.7 Å². The molecule has 0 bridgehead atoms. The Morgan fingerprint density at radius 3 is 2.27 bits per heavy atom. The van der Waals surface area contributed by atoms with Crippen molar-refractivity contribution >= 4 is 17.7 Å². The zero-order valence-corrected chi connectivity index (χ0v) is 8.52. The molecule has 0 saturated heterocycles. The van der Waals surface area contributed by atoms with Crippen LogP contribution in [0.1, 0.15) is 0 Å². The van der Waals surface area contributed by atoms with Gasteiger partial charge in [0.2, 0.25) is 0 Å². The Hall–Kier alpha value is -1.30. The molecule has 0 aliphatic heterocycles. The van der Waals surface area contributed by atoms with Gasteiger partial charge in [-0.3, -0.25) is 4.90 Å². The predicted molar refractivity (Wildman–Crippen MR) is 53.5 cm³/mol. The van der Waals surface area contributed by atoms with Gasteiger partial charge >= 0.3 is 6.09 Å². The molecule has 1 aromatic carbocycles. The standard InChI is InChI=1S/C9H10ClNO4/c10-7-1-3-8(4-2-7)15-9(14)11(5-12)6-13/h1-4,12-13H,5-6H2. The number of halogens is 1. The molecule has 15 heavy (non-hydrogen) atoms. The fourth-order valence-electron chi connectivity index (χ4n) is 0.828. The van der Waals surface area contributed by atoms with Crippen molar-refractivity contribution in [1.82, 2.24) is 4.90 Å². The van der Waals surface area contributed by atoms with Crippen molar-refractivity contribution in [3.8, 4) is 5.75 Å². The van der Waals surface area contributed by atoms with Crippen LogP contribution in [0.3, 0.4) is 0 Å². The molecule has 0 atom stereocenters. The molecular formula is C9H10ClNO4. The molecule has 6 heteroatoms. The van der Waals surface area contributed by atoms with Crippen LogP contribution in [0.5, 0.6) is 5.75 Å². The van der Waals surface area contributed by atoms with Gasteiger partial charge in [-0.15, -0.1) is 0 Å². The maximum absolute atomic E-state index is 11.2. The van der Waals surface area contributed by atoms with Gasteiger partial charge in [0.1, 0.15) is 19.2 Å². The average molecular weight is 232 g/mol. The molecular weight excluding hydrogens is 222 g/mol. The van der Waals surface area contributed by atoms with Crippen molar-refractivity contribution in [2.24, 2.45) is 0 Å². The van der Waals surface area contributed by atoms with E-state index in [2.05, 4.69) is 0 Å². The summed E-state index contributed by atoms with van der Waals surface area (Å²) in [4.78, 5) is 11.9. The number of aliphatic hydroxyl groups is 2. The number of amides is 1. The van der Waals surface area contributed by atoms with Crippen molar-refractivity contribution in [2.75, 3.05) is 13.5 Å². The minimum atomic E-state index is -0.831. The van der Waals surface area contributed by atoms with E-state index in [-0.39, 0.29) is 5.75 Å². The third-order valence-electron chi connectivity index (χ3n) is 1.62. The molecule has 82 valence electrons. The molecule has 1 aromatic rings. The first-order chi connectivity index (χ1) is 7.17. The number of nitrogens with zero attached hydrogens (tertiary/aromatic N) is 1. The molecule has 1 rings (SSSR count). The number of ether oxygens (including phenoxy) is 1. The van der Waals surface area contributed by atoms with Gasteiger partial charge in [0.15, 0.2) is 0 Å². The van der Waals surface area contributed by atoms with Gasteiger partial charge < -0.3 is 14.9 Å². The minimum absolute atomic E-state index is 0.288. The summed E-state index contributed by atoms with van der Waals surface area (Å²) in [5.41, 5.74) is 0. The topological polar surface area (TPSA) is 70.0 Å². The van der Waals surface area contributed by atoms with Gasteiger partial charge in [0.25, 0.3) is 0 Å². The summed E-state index contributed by atoms with van der Waals surface area (Å²) in [6.07, 6.45) is -0.831. The van der Waals surface area contributed by atoms with Crippen LogP contribution < -0.4 is 4.74 Å². The molecule has 2 N–H and O–H groups in total. The SMILES string of the molecule is O=C(Oc1ccc(Cl)cc1)N(CO)CO. The number of rotatable bonds is 3. The van der Waals surface area contributed by atoms with Crippen molar-refractivity contribution in [3.63, 3.8) is 0 Å². The quantitative estimate of drug-likeness (QED) is 0.763. The predicted octanol–water partition coefficient (Wildman–Crippen LogP) is 1.04. The first-order valence-corrected chi connectivity index (χ1v) is 4.49. The van der Waals surface area contributed by atoms with Gasteiger partial charge in [-0.05, 0) is 24.3 Å². The third-order valence-corrected chi connectivity index (χ3v) is 1.87. The Bertz CT molecular complexity index is 323. The maximum Gasteiger partial charge on any atom is 0.418 e.